The van der Waals surface area contributed by atoms with E-state index in [2.05, 4.69) is 33.2 Å². The zero-order chi connectivity index (χ0) is 20.8. The number of carbonyl (C=O) groups excluding carboxylic acids is 2. The number of benzene rings is 2. The van der Waals surface area contributed by atoms with E-state index in [1.807, 2.05) is 49.4 Å². The Hall–Kier alpha value is -2.73. The molecule has 0 radical (unpaired) electrons. The fourth-order valence-corrected chi connectivity index (χ4v) is 5.10. The van der Waals surface area contributed by atoms with Gasteiger partial charge in [-0.2, -0.15) is 10.1 Å². The first-order chi connectivity index (χ1) is 14.5. The average Bonchev–Trinajstić information content (AvgIpc) is 3.41. The second-order valence-electron chi connectivity index (χ2n) is 8.19. The highest BCUT2D eigenvalue weighted by Crippen LogP contribution is 2.52. The molecule has 2 fully saturated rings. The first kappa shape index (κ1) is 19.2. The van der Waals surface area contributed by atoms with Crippen LogP contribution in [0.2, 0.25) is 0 Å². The maximum Gasteiger partial charge on any atom is 0.254 e. The predicted octanol–water partition coefficient (Wildman–Crippen LogP) is 4.48. The van der Waals surface area contributed by atoms with Crippen molar-refractivity contribution in [3.8, 4) is 5.75 Å². The van der Waals surface area contributed by atoms with Crippen molar-refractivity contribution >= 4 is 34.0 Å². The smallest absolute Gasteiger partial charge is 0.254 e. The molecule has 1 saturated heterocycles. The van der Waals surface area contributed by atoms with Crippen LogP contribution in [0.5, 0.6) is 5.75 Å². The van der Waals surface area contributed by atoms with Crippen LogP contribution in [0, 0.1) is 30.6 Å². The SMILES string of the molecule is Cc1ccc(COc2ccc(Br)cc2C=NN2C(=O)[C@@H]3[C@H](C2=O)[C@H]2C=C[C@H]3C2)cc1. The number of fused-ring (bicyclic) bond motifs is 5. The lowest BCUT2D eigenvalue weighted by Crippen LogP contribution is -2.28. The van der Waals surface area contributed by atoms with Gasteiger partial charge >= 0.3 is 0 Å². The molecule has 30 heavy (non-hydrogen) atoms. The summed E-state index contributed by atoms with van der Waals surface area (Å²) in [6.07, 6.45) is 6.61. The van der Waals surface area contributed by atoms with Crippen LogP contribution >= 0.6 is 15.9 Å². The first-order valence-corrected chi connectivity index (χ1v) is 10.9. The molecule has 1 saturated carbocycles. The number of aryl methyl sites for hydroxylation is 1. The zero-order valence-corrected chi connectivity index (χ0v) is 18.1. The summed E-state index contributed by atoms with van der Waals surface area (Å²) in [5.41, 5.74) is 2.96. The fraction of sp³-hybridized carbons (Fsp3) is 0.292. The maximum absolute atomic E-state index is 12.8. The lowest BCUT2D eigenvalue weighted by Gasteiger charge is -2.13. The number of hydrazone groups is 1. The molecule has 0 aromatic heterocycles. The van der Waals surface area contributed by atoms with Gasteiger partial charge in [0, 0.05) is 10.0 Å². The third-order valence-corrected chi connectivity index (χ3v) is 6.74. The number of hydrogen-bond acceptors (Lipinski definition) is 4. The molecule has 1 heterocycles. The summed E-state index contributed by atoms with van der Waals surface area (Å²) in [6.45, 7) is 2.47. The quantitative estimate of drug-likeness (QED) is 0.372. The maximum atomic E-state index is 12.8. The van der Waals surface area contributed by atoms with E-state index in [0.29, 0.717) is 17.9 Å². The average molecular weight is 465 g/mol. The van der Waals surface area contributed by atoms with Crippen molar-refractivity contribution in [1.82, 2.24) is 5.01 Å². The van der Waals surface area contributed by atoms with Crippen LogP contribution in [-0.2, 0) is 16.2 Å². The van der Waals surface area contributed by atoms with Crippen LogP contribution in [0.4, 0.5) is 0 Å². The van der Waals surface area contributed by atoms with Crippen molar-refractivity contribution < 1.29 is 14.3 Å². The van der Waals surface area contributed by atoms with Crippen molar-refractivity contribution in [2.45, 2.75) is 20.0 Å². The summed E-state index contributed by atoms with van der Waals surface area (Å²) in [6, 6.07) is 13.8. The molecule has 2 aliphatic carbocycles. The van der Waals surface area contributed by atoms with Gasteiger partial charge in [0.1, 0.15) is 12.4 Å². The highest BCUT2D eigenvalue weighted by atomic mass is 79.9. The summed E-state index contributed by atoms with van der Waals surface area (Å²) in [5.74, 6) is 0.134. The topological polar surface area (TPSA) is 59.0 Å². The molecule has 5 rings (SSSR count). The molecule has 2 aromatic rings. The number of carbonyl (C=O) groups is 2. The van der Waals surface area contributed by atoms with Gasteiger partial charge in [-0.15, -0.1) is 0 Å². The third-order valence-electron chi connectivity index (χ3n) is 6.25. The Balaban J connectivity index is 1.35. The van der Waals surface area contributed by atoms with Crippen LogP contribution in [-0.4, -0.2) is 23.0 Å². The first-order valence-electron chi connectivity index (χ1n) is 10.1. The highest BCUT2D eigenvalue weighted by Gasteiger charge is 2.59. The van der Waals surface area contributed by atoms with E-state index < -0.39 is 0 Å². The Morgan fingerprint density at radius 3 is 2.40 bits per heavy atom. The van der Waals surface area contributed by atoms with Gasteiger partial charge < -0.3 is 4.74 Å². The van der Waals surface area contributed by atoms with Crippen molar-refractivity contribution in [2.24, 2.45) is 28.8 Å². The lowest BCUT2D eigenvalue weighted by atomic mass is 9.85. The number of allylic oxidation sites excluding steroid dienone is 2. The van der Waals surface area contributed by atoms with Crippen molar-refractivity contribution in [1.29, 1.82) is 0 Å². The highest BCUT2D eigenvalue weighted by molar-refractivity contribution is 9.10. The summed E-state index contributed by atoms with van der Waals surface area (Å²) in [4.78, 5) is 25.6. The molecule has 152 valence electrons. The molecule has 6 heteroatoms. The molecule has 0 spiro atoms. The fourth-order valence-electron chi connectivity index (χ4n) is 4.72. The monoisotopic (exact) mass is 464 g/mol. The van der Waals surface area contributed by atoms with Gasteiger partial charge in [0.05, 0.1) is 18.1 Å². The molecule has 2 bridgehead atoms. The molecule has 2 amide bonds. The van der Waals surface area contributed by atoms with Gasteiger partial charge in [0.25, 0.3) is 11.8 Å². The van der Waals surface area contributed by atoms with Crippen LogP contribution in [0.3, 0.4) is 0 Å². The third kappa shape index (κ3) is 3.29. The van der Waals surface area contributed by atoms with E-state index in [-0.39, 0.29) is 35.5 Å². The Morgan fingerprint density at radius 2 is 1.73 bits per heavy atom. The summed E-state index contributed by atoms with van der Waals surface area (Å²) >= 11 is 3.47. The van der Waals surface area contributed by atoms with E-state index in [1.165, 1.54) is 5.56 Å². The van der Waals surface area contributed by atoms with E-state index in [4.69, 9.17) is 4.74 Å². The number of nitrogens with zero attached hydrogens (tertiary/aromatic N) is 2. The lowest BCUT2D eigenvalue weighted by molar-refractivity contribution is -0.140. The van der Waals surface area contributed by atoms with Gasteiger partial charge in [-0.25, -0.2) is 0 Å². The van der Waals surface area contributed by atoms with Gasteiger partial charge in [-0.3, -0.25) is 9.59 Å². The van der Waals surface area contributed by atoms with Crippen LogP contribution < -0.4 is 4.74 Å². The standard InChI is InChI=1S/C24H21BrN2O3/c1-14-2-4-15(5-3-14)13-30-20-9-8-19(25)11-18(20)12-26-27-23(28)21-16-6-7-17(10-16)22(21)24(27)29/h2-9,11-12,16-17,21-22H,10,13H2,1H3/t16-,17-,21-,22+/m0/s1. The number of hydrogen-bond donors (Lipinski definition) is 0. The molecule has 4 atom stereocenters. The molecule has 5 nitrogen and oxygen atoms in total. The van der Waals surface area contributed by atoms with Gasteiger partial charge in [-0.1, -0.05) is 57.9 Å². The number of imide groups is 1. The molecule has 0 unspecified atom stereocenters. The molecular formula is C24H21BrN2O3. The summed E-state index contributed by atoms with van der Waals surface area (Å²) in [7, 11) is 0. The number of ether oxygens (including phenoxy) is 1. The summed E-state index contributed by atoms with van der Waals surface area (Å²) in [5, 5.41) is 5.35. The Kier molecular flexibility index (Phi) is 4.82. The zero-order valence-electron chi connectivity index (χ0n) is 16.5. The van der Waals surface area contributed by atoms with Crippen molar-refractivity contribution in [3.05, 3.63) is 75.8 Å². The minimum atomic E-state index is -0.246. The van der Waals surface area contributed by atoms with Crippen molar-refractivity contribution in [2.75, 3.05) is 0 Å². The van der Waals surface area contributed by atoms with Gasteiger partial charge in [-0.05, 0) is 48.9 Å². The molecule has 0 N–H and O–H groups in total. The second-order valence-corrected chi connectivity index (χ2v) is 9.10. The van der Waals surface area contributed by atoms with Gasteiger partial charge in [0.15, 0.2) is 0 Å². The molecule has 2 aromatic carbocycles. The van der Waals surface area contributed by atoms with Gasteiger partial charge in [0.2, 0.25) is 0 Å². The van der Waals surface area contributed by atoms with Crippen LogP contribution in [0.25, 0.3) is 0 Å². The van der Waals surface area contributed by atoms with Crippen LogP contribution in [0.15, 0.2) is 64.2 Å². The van der Waals surface area contributed by atoms with E-state index in [9.17, 15) is 9.59 Å². The Labute approximate surface area is 183 Å². The number of amides is 2. The molecule has 1 aliphatic heterocycles. The molecule has 3 aliphatic rings. The van der Waals surface area contributed by atoms with Crippen LogP contribution in [0.1, 0.15) is 23.1 Å². The Bertz CT molecular complexity index is 1050. The minimum absolute atomic E-state index is 0.177. The predicted molar refractivity (Wildman–Crippen MR) is 117 cm³/mol. The van der Waals surface area contributed by atoms with E-state index >= 15 is 0 Å². The largest absolute Gasteiger partial charge is 0.488 e. The van der Waals surface area contributed by atoms with E-state index in [0.717, 1.165) is 21.5 Å². The minimum Gasteiger partial charge on any atom is -0.488 e. The number of rotatable bonds is 5. The normalized spacial score (nSPS) is 26.8. The Morgan fingerprint density at radius 1 is 1.07 bits per heavy atom. The van der Waals surface area contributed by atoms with Crippen molar-refractivity contribution in [3.63, 3.8) is 0 Å². The second kappa shape index (κ2) is 7.51. The van der Waals surface area contributed by atoms with E-state index in [1.54, 1.807) is 6.21 Å². The summed E-state index contributed by atoms with van der Waals surface area (Å²) < 4.78 is 6.86. The molecular weight excluding hydrogens is 444 g/mol. The number of halogens is 1.